The summed E-state index contributed by atoms with van der Waals surface area (Å²) in [5.41, 5.74) is 6.92. The van der Waals surface area contributed by atoms with Crippen LogP contribution in [0.15, 0.2) is 24.3 Å². The average molecular weight is 327 g/mol. The van der Waals surface area contributed by atoms with Crippen molar-refractivity contribution in [3.8, 4) is 5.75 Å². The van der Waals surface area contributed by atoms with Gasteiger partial charge >= 0.3 is 0 Å². The Bertz CT molecular complexity index is 489. The van der Waals surface area contributed by atoms with Crippen LogP contribution in [0.2, 0.25) is 0 Å². The topological polar surface area (TPSA) is 64.3 Å². The van der Waals surface area contributed by atoms with E-state index in [0.29, 0.717) is 18.4 Å². The summed E-state index contributed by atoms with van der Waals surface area (Å²) < 4.78 is 5.76. The first-order chi connectivity index (χ1) is 10.0. The summed E-state index contributed by atoms with van der Waals surface area (Å²) in [5, 5.41) is 3.00. The van der Waals surface area contributed by atoms with E-state index >= 15 is 0 Å². The molecule has 0 aromatic heterocycles. The monoisotopic (exact) mass is 326 g/mol. The lowest BCUT2D eigenvalue weighted by molar-refractivity contribution is -0.128. The fourth-order valence-electron chi connectivity index (χ4n) is 2.37. The summed E-state index contributed by atoms with van der Waals surface area (Å²) >= 11 is 0. The van der Waals surface area contributed by atoms with Gasteiger partial charge in [-0.2, -0.15) is 0 Å². The molecule has 0 heterocycles. The van der Waals surface area contributed by atoms with E-state index in [4.69, 9.17) is 10.5 Å². The van der Waals surface area contributed by atoms with Crippen molar-refractivity contribution in [3.05, 3.63) is 29.8 Å². The minimum absolute atomic E-state index is 0. The predicted octanol–water partition coefficient (Wildman–Crippen LogP) is 2.85. The lowest BCUT2D eigenvalue weighted by Gasteiger charge is -2.20. The normalized spacial score (nSPS) is 16.6. The fourth-order valence-corrected chi connectivity index (χ4v) is 2.37. The molecule has 1 aliphatic carbocycles. The van der Waals surface area contributed by atoms with E-state index < -0.39 is 6.10 Å². The Morgan fingerprint density at radius 3 is 2.59 bits per heavy atom. The highest BCUT2D eigenvalue weighted by atomic mass is 35.5. The molecule has 124 valence electrons. The zero-order valence-electron chi connectivity index (χ0n) is 13.5. The van der Waals surface area contributed by atoms with Gasteiger partial charge in [0.15, 0.2) is 6.10 Å². The van der Waals surface area contributed by atoms with Gasteiger partial charge in [-0.3, -0.25) is 4.79 Å². The number of rotatable bonds is 7. The molecule has 0 spiro atoms. The van der Waals surface area contributed by atoms with Crippen molar-refractivity contribution in [1.29, 1.82) is 0 Å². The molecule has 1 amide bonds. The number of nitrogens with one attached hydrogen (secondary N) is 1. The van der Waals surface area contributed by atoms with E-state index in [2.05, 4.69) is 25.2 Å². The summed E-state index contributed by atoms with van der Waals surface area (Å²) in [7, 11) is 0. The Morgan fingerprint density at radius 1 is 1.36 bits per heavy atom. The molecule has 2 rings (SSSR count). The molecule has 1 fully saturated rings. The molecule has 3 N–H and O–H groups in total. The number of hydrogen-bond donors (Lipinski definition) is 2. The quantitative estimate of drug-likeness (QED) is 0.809. The maximum atomic E-state index is 12.2. The minimum atomic E-state index is -0.514. The standard InChI is InChI=1S/C17H26N2O2.ClH/c1-11(2)14-5-4-6-15(9-14)21-12(3)17(20)19-16(10-18)13-7-8-13;/h4-6,9,11-13,16H,7-8,10,18H2,1-3H3,(H,19,20);1H. The van der Waals surface area contributed by atoms with Gasteiger partial charge in [-0.15, -0.1) is 12.4 Å². The molecule has 2 unspecified atom stereocenters. The number of carbonyl (C=O) groups excluding carboxylic acids is 1. The first-order valence-corrected chi connectivity index (χ1v) is 7.78. The lowest BCUT2D eigenvalue weighted by atomic mass is 10.0. The van der Waals surface area contributed by atoms with E-state index in [-0.39, 0.29) is 24.4 Å². The number of carbonyl (C=O) groups is 1. The summed E-state index contributed by atoms with van der Waals surface area (Å²) in [6.45, 7) is 6.54. The largest absolute Gasteiger partial charge is 0.481 e. The van der Waals surface area contributed by atoms with Crippen LogP contribution in [0.4, 0.5) is 0 Å². The Kier molecular flexibility index (Phi) is 7.17. The first kappa shape index (κ1) is 18.8. The van der Waals surface area contributed by atoms with E-state index in [0.717, 1.165) is 18.6 Å². The predicted molar refractivity (Wildman–Crippen MR) is 91.6 cm³/mol. The molecular formula is C17H27ClN2O2. The molecule has 1 aliphatic rings. The summed E-state index contributed by atoms with van der Waals surface area (Å²) in [4.78, 5) is 12.2. The van der Waals surface area contributed by atoms with Crippen LogP contribution in [0.1, 0.15) is 45.1 Å². The number of benzene rings is 1. The Balaban J connectivity index is 0.00000242. The van der Waals surface area contributed by atoms with Crippen LogP contribution in [0, 0.1) is 5.92 Å². The van der Waals surface area contributed by atoms with Crippen molar-refractivity contribution in [2.75, 3.05) is 6.54 Å². The van der Waals surface area contributed by atoms with Crippen molar-refractivity contribution in [2.45, 2.75) is 51.7 Å². The summed E-state index contributed by atoms with van der Waals surface area (Å²) in [5.74, 6) is 1.64. The lowest BCUT2D eigenvalue weighted by Crippen LogP contribution is -2.46. The van der Waals surface area contributed by atoms with Gasteiger partial charge in [0, 0.05) is 12.6 Å². The van der Waals surface area contributed by atoms with Gasteiger partial charge in [0.2, 0.25) is 0 Å². The van der Waals surface area contributed by atoms with Crippen LogP contribution >= 0.6 is 12.4 Å². The summed E-state index contributed by atoms with van der Waals surface area (Å²) in [6.07, 6.45) is 1.81. The highest BCUT2D eigenvalue weighted by Gasteiger charge is 2.32. The third-order valence-corrected chi connectivity index (χ3v) is 3.98. The van der Waals surface area contributed by atoms with Crippen molar-refractivity contribution < 1.29 is 9.53 Å². The van der Waals surface area contributed by atoms with Gasteiger partial charge in [0.1, 0.15) is 5.75 Å². The van der Waals surface area contributed by atoms with Crippen LogP contribution in [-0.2, 0) is 4.79 Å². The second-order valence-corrected chi connectivity index (χ2v) is 6.18. The van der Waals surface area contributed by atoms with Crippen LogP contribution in [0.3, 0.4) is 0 Å². The second kappa shape index (κ2) is 8.39. The Morgan fingerprint density at radius 2 is 2.05 bits per heavy atom. The molecule has 0 saturated heterocycles. The Labute approximate surface area is 139 Å². The third kappa shape index (κ3) is 5.18. The van der Waals surface area contributed by atoms with E-state index in [9.17, 15) is 4.79 Å². The van der Waals surface area contributed by atoms with Gasteiger partial charge in [-0.25, -0.2) is 0 Å². The SMILES string of the molecule is CC(Oc1cccc(C(C)C)c1)C(=O)NC(CN)C1CC1.Cl. The zero-order chi connectivity index (χ0) is 15.4. The van der Waals surface area contributed by atoms with E-state index in [1.807, 2.05) is 18.2 Å². The van der Waals surface area contributed by atoms with Crippen molar-refractivity contribution in [2.24, 2.45) is 11.7 Å². The zero-order valence-corrected chi connectivity index (χ0v) is 14.4. The molecule has 5 heteroatoms. The van der Waals surface area contributed by atoms with Crippen LogP contribution < -0.4 is 15.8 Å². The molecule has 1 saturated carbocycles. The average Bonchev–Trinajstić information content (AvgIpc) is 3.29. The molecule has 0 bridgehead atoms. The molecule has 0 aliphatic heterocycles. The number of nitrogens with two attached hydrogens (primary N) is 1. The van der Waals surface area contributed by atoms with Gasteiger partial charge < -0.3 is 15.8 Å². The number of halogens is 1. The van der Waals surface area contributed by atoms with E-state index in [1.165, 1.54) is 5.56 Å². The van der Waals surface area contributed by atoms with Gasteiger partial charge in [-0.1, -0.05) is 26.0 Å². The van der Waals surface area contributed by atoms with E-state index in [1.54, 1.807) is 6.92 Å². The van der Waals surface area contributed by atoms with Crippen LogP contribution in [0.25, 0.3) is 0 Å². The number of ether oxygens (including phenoxy) is 1. The van der Waals surface area contributed by atoms with Crippen molar-refractivity contribution in [3.63, 3.8) is 0 Å². The Hall–Kier alpha value is -1.26. The molecule has 22 heavy (non-hydrogen) atoms. The highest BCUT2D eigenvalue weighted by molar-refractivity contribution is 5.85. The van der Waals surface area contributed by atoms with Crippen molar-refractivity contribution >= 4 is 18.3 Å². The first-order valence-electron chi connectivity index (χ1n) is 7.78. The summed E-state index contributed by atoms with van der Waals surface area (Å²) in [6, 6.07) is 8.00. The van der Waals surface area contributed by atoms with Gasteiger partial charge in [-0.05, 0) is 49.3 Å². The molecule has 2 atom stereocenters. The molecular weight excluding hydrogens is 300 g/mol. The molecule has 1 aromatic rings. The smallest absolute Gasteiger partial charge is 0.261 e. The molecule has 0 radical (unpaired) electrons. The maximum absolute atomic E-state index is 12.2. The molecule has 1 aromatic carbocycles. The highest BCUT2D eigenvalue weighted by Crippen LogP contribution is 2.32. The van der Waals surface area contributed by atoms with Crippen LogP contribution in [0.5, 0.6) is 5.75 Å². The fraction of sp³-hybridized carbons (Fsp3) is 0.588. The van der Waals surface area contributed by atoms with Gasteiger partial charge in [0.25, 0.3) is 5.91 Å². The third-order valence-electron chi connectivity index (χ3n) is 3.98. The molecule has 4 nitrogen and oxygen atoms in total. The van der Waals surface area contributed by atoms with Gasteiger partial charge in [0.05, 0.1) is 0 Å². The number of hydrogen-bond acceptors (Lipinski definition) is 3. The number of amides is 1. The van der Waals surface area contributed by atoms with Crippen molar-refractivity contribution in [1.82, 2.24) is 5.32 Å². The minimum Gasteiger partial charge on any atom is -0.481 e. The van der Waals surface area contributed by atoms with Crippen LogP contribution in [-0.4, -0.2) is 24.6 Å². The second-order valence-electron chi connectivity index (χ2n) is 6.18. The maximum Gasteiger partial charge on any atom is 0.261 e.